The van der Waals surface area contributed by atoms with Gasteiger partial charge in [0.05, 0.1) is 18.2 Å². The Bertz CT molecular complexity index is 1670. The molecule has 42 heavy (non-hydrogen) atoms. The van der Waals surface area contributed by atoms with Crippen molar-refractivity contribution in [3.05, 3.63) is 136 Å². The molecule has 4 aromatic rings. The zero-order chi connectivity index (χ0) is 29.9. The highest BCUT2D eigenvalue weighted by atomic mass is 16.6. The molecular formula is C31H24N4O7. The number of nitro benzene ring substituents is 1. The van der Waals surface area contributed by atoms with Crippen molar-refractivity contribution < 1.29 is 28.8 Å². The van der Waals surface area contributed by atoms with Crippen LogP contribution < -0.4 is 20.2 Å². The molecule has 0 aromatic heterocycles. The summed E-state index contributed by atoms with van der Waals surface area (Å²) in [7, 11) is 1.43. The Kier molecular flexibility index (Phi) is 9.50. The summed E-state index contributed by atoms with van der Waals surface area (Å²) < 4.78 is 10.7. The summed E-state index contributed by atoms with van der Waals surface area (Å²) in [5, 5.41) is 17.4. The van der Waals surface area contributed by atoms with Crippen LogP contribution in [0, 0.1) is 10.1 Å². The molecular weight excluding hydrogens is 540 g/mol. The van der Waals surface area contributed by atoms with E-state index in [-0.39, 0.29) is 22.6 Å². The standard InChI is InChI=1S/C31H24N4O7/c1-41-28-18-22(10-16-27(28)42-29(36)17-11-21-6-3-2-4-7-21)20-32-34-31(38)24-8-5-9-25(19-24)33-30(37)23-12-14-26(15-13-23)35(39)40/h2-20H,1H3,(H,33,37)(H,34,38)/b17-11+,32-20?. The van der Waals surface area contributed by atoms with Crippen LogP contribution >= 0.6 is 0 Å². The number of non-ortho nitro benzene ring substituents is 1. The first-order chi connectivity index (χ1) is 20.3. The summed E-state index contributed by atoms with van der Waals surface area (Å²) in [6.07, 6.45) is 4.35. The van der Waals surface area contributed by atoms with Crippen molar-refractivity contribution in [1.82, 2.24) is 5.43 Å². The van der Waals surface area contributed by atoms with Crippen LogP contribution in [0.15, 0.2) is 108 Å². The number of hydrogen-bond donors (Lipinski definition) is 2. The number of nitro groups is 1. The largest absolute Gasteiger partial charge is 0.493 e. The van der Waals surface area contributed by atoms with E-state index in [0.717, 1.165) is 5.56 Å². The van der Waals surface area contributed by atoms with Gasteiger partial charge in [-0.1, -0.05) is 36.4 Å². The number of anilines is 1. The molecule has 2 N–H and O–H groups in total. The normalized spacial score (nSPS) is 10.8. The van der Waals surface area contributed by atoms with Gasteiger partial charge in [-0.05, 0) is 65.7 Å². The van der Waals surface area contributed by atoms with Gasteiger partial charge in [0.15, 0.2) is 11.5 Å². The smallest absolute Gasteiger partial charge is 0.336 e. The molecule has 0 spiro atoms. The minimum atomic E-state index is -0.572. The second kappa shape index (κ2) is 13.8. The quantitative estimate of drug-likeness (QED) is 0.0668. The summed E-state index contributed by atoms with van der Waals surface area (Å²) in [6.45, 7) is 0. The van der Waals surface area contributed by atoms with E-state index in [2.05, 4.69) is 15.8 Å². The predicted molar refractivity (Wildman–Crippen MR) is 157 cm³/mol. The lowest BCUT2D eigenvalue weighted by molar-refractivity contribution is -0.384. The Hall–Kier alpha value is -6.10. The van der Waals surface area contributed by atoms with Crippen LogP contribution in [0.4, 0.5) is 11.4 Å². The van der Waals surface area contributed by atoms with Crippen molar-refractivity contribution in [2.24, 2.45) is 5.10 Å². The van der Waals surface area contributed by atoms with E-state index >= 15 is 0 Å². The van der Waals surface area contributed by atoms with E-state index in [9.17, 15) is 24.5 Å². The molecule has 210 valence electrons. The lowest BCUT2D eigenvalue weighted by atomic mass is 10.1. The van der Waals surface area contributed by atoms with E-state index < -0.39 is 22.7 Å². The fourth-order valence-electron chi connectivity index (χ4n) is 3.63. The molecule has 0 heterocycles. The van der Waals surface area contributed by atoms with E-state index in [4.69, 9.17) is 9.47 Å². The molecule has 0 bridgehead atoms. The molecule has 11 nitrogen and oxygen atoms in total. The number of esters is 1. The summed E-state index contributed by atoms with van der Waals surface area (Å²) in [5.74, 6) is -1.08. The molecule has 0 aliphatic heterocycles. The Morgan fingerprint density at radius 2 is 1.57 bits per heavy atom. The van der Waals surface area contributed by atoms with Crippen LogP contribution in [0.25, 0.3) is 6.08 Å². The number of carbonyl (C=O) groups is 3. The van der Waals surface area contributed by atoms with Crippen molar-refractivity contribution in [2.75, 3.05) is 12.4 Å². The second-order valence-electron chi connectivity index (χ2n) is 8.61. The average molecular weight is 565 g/mol. The number of nitrogens with one attached hydrogen (secondary N) is 2. The Morgan fingerprint density at radius 3 is 2.29 bits per heavy atom. The summed E-state index contributed by atoms with van der Waals surface area (Å²) >= 11 is 0. The first-order valence-corrected chi connectivity index (χ1v) is 12.4. The van der Waals surface area contributed by atoms with E-state index in [1.165, 1.54) is 49.7 Å². The van der Waals surface area contributed by atoms with Gasteiger partial charge < -0.3 is 14.8 Å². The third kappa shape index (κ3) is 7.96. The molecule has 0 unspecified atom stereocenters. The number of methoxy groups -OCH3 is 1. The maximum absolute atomic E-state index is 12.6. The molecule has 0 saturated carbocycles. The van der Waals surface area contributed by atoms with Gasteiger partial charge in [0, 0.05) is 35.0 Å². The third-order valence-corrected chi connectivity index (χ3v) is 5.71. The first-order valence-electron chi connectivity index (χ1n) is 12.4. The fourth-order valence-corrected chi connectivity index (χ4v) is 3.63. The van der Waals surface area contributed by atoms with Gasteiger partial charge in [0.1, 0.15) is 0 Å². The number of hydrazone groups is 1. The van der Waals surface area contributed by atoms with Crippen LogP contribution in [0.5, 0.6) is 11.5 Å². The van der Waals surface area contributed by atoms with Crippen molar-refractivity contribution in [1.29, 1.82) is 0 Å². The van der Waals surface area contributed by atoms with Gasteiger partial charge >= 0.3 is 5.97 Å². The minimum absolute atomic E-state index is 0.129. The van der Waals surface area contributed by atoms with Crippen LogP contribution in [0.1, 0.15) is 31.8 Å². The lowest BCUT2D eigenvalue weighted by Crippen LogP contribution is -2.18. The van der Waals surface area contributed by atoms with Gasteiger partial charge in [0.2, 0.25) is 0 Å². The molecule has 0 aliphatic rings. The van der Waals surface area contributed by atoms with E-state index in [1.807, 2.05) is 30.3 Å². The van der Waals surface area contributed by atoms with Gasteiger partial charge in [-0.15, -0.1) is 0 Å². The minimum Gasteiger partial charge on any atom is -0.493 e. The third-order valence-electron chi connectivity index (χ3n) is 5.71. The van der Waals surface area contributed by atoms with E-state index in [0.29, 0.717) is 17.0 Å². The number of hydrogen-bond acceptors (Lipinski definition) is 8. The number of carbonyl (C=O) groups excluding carboxylic acids is 3. The molecule has 4 rings (SSSR count). The van der Waals surface area contributed by atoms with Crippen molar-refractivity contribution in [3.63, 3.8) is 0 Å². The highest BCUT2D eigenvalue weighted by Crippen LogP contribution is 2.28. The van der Waals surface area contributed by atoms with Crippen LogP contribution in [-0.4, -0.2) is 36.0 Å². The molecule has 0 atom stereocenters. The number of ether oxygens (including phenoxy) is 2. The average Bonchev–Trinajstić information content (AvgIpc) is 3.01. The fraction of sp³-hybridized carbons (Fsp3) is 0.0323. The molecule has 2 amide bonds. The maximum atomic E-state index is 12.6. The van der Waals surface area contributed by atoms with Gasteiger partial charge in [0.25, 0.3) is 17.5 Å². The zero-order valence-electron chi connectivity index (χ0n) is 22.2. The summed E-state index contributed by atoms with van der Waals surface area (Å²) in [4.78, 5) is 47.6. The van der Waals surface area contributed by atoms with Crippen molar-refractivity contribution >= 4 is 41.4 Å². The second-order valence-corrected chi connectivity index (χ2v) is 8.61. The van der Waals surface area contributed by atoms with Crippen LogP contribution in [0.3, 0.4) is 0 Å². The Balaban J connectivity index is 1.34. The van der Waals surface area contributed by atoms with Gasteiger partial charge in [-0.2, -0.15) is 5.10 Å². The van der Waals surface area contributed by atoms with Gasteiger partial charge in [-0.25, -0.2) is 10.2 Å². The van der Waals surface area contributed by atoms with Crippen molar-refractivity contribution in [2.45, 2.75) is 0 Å². The lowest BCUT2D eigenvalue weighted by Gasteiger charge is -2.09. The molecule has 11 heteroatoms. The number of benzene rings is 4. The summed E-state index contributed by atoms with van der Waals surface area (Å²) in [6, 6.07) is 25.4. The predicted octanol–water partition coefficient (Wildman–Crippen LogP) is 5.24. The molecule has 0 aliphatic carbocycles. The zero-order valence-corrected chi connectivity index (χ0v) is 22.2. The number of rotatable bonds is 10. The Labute approximate surface area is 240 Å². The topological polar surface area (TPSA) is 149 Å². The van der Waals surface area contributed by atoms with E-state index in [1.54, 1.807) is 42.5 Å². The van der Waals surface area contributed by atoms with Crippen molar-refractivity contribution in [3.8, 4) is 11.5 Å². The highest BCUT2D eigenvalue weighted by Gasteiger charge is 2.12. The summed E-state index contributed by atoms with van der Waals surface area (Å²) in [5.41, 5.74) is 4.51. The molecule has 4 aromatic carbocycles. The van der Waals surface area contributed by atoms with Gasteiger partial charge in [-0.3, -0.25) is 19.7 Å². The van der Waals surface area contributed by atoms with Crippen LogP contribution in [0.2, 0.25) is 0 Å². The molecule has 0 saturated heterocycles. The molecule has 0 fully saturated rings. The first kappa shape index (κ1) is 28.9. The maximum Gasteiger partial charge on any atom is 0.336 e. The Morgan fingerprint density at radius 1 is 0.810 bits per heavy atom. The number of nitrogens with zero attached hydrogens (tertiary/aromatic N) is 2. The monoisotopic (exact) mass is 564 g/mol. The molecule has 0 radical (unpaired) electrons. The SMILES string of the molecule is COc1cc(C=NNC(=O)c2cccc(NC(=O)c3ccc([N+](=O)[O-])cc3)c2)ccc1OC(=O)/C=C/c1ccccc1. The number of amides is 2. The van der Waals surface area contributed by atoms with Crippen LogP contribution in [-0.2, 0) is 4.79 Å². The highest BCUT2D eigenvalue weighted by molar-refractivity contribution is 6.05.